The summed E-state index contributed by atoms with van der Waals surface area (Å²) < 4.78 is 7.46. The van der Waals surface area contributed by atoms with Gasteiger partial charge in [-0.15, -0.1) is 0 Å². The van der Waals surface area contributed by atoms with E-state index in [0.29, 0.717) is 11.3 Å². The minimum absolute atomic E-state index is 0.126. The van der Waals surface area contributed by atoms with Crippen LogP contribution in [0.3, 0.4) is 0 Å². The maximum Gasteiger partial charge on any atom is 0.251 e. The smallest absolute Gasteiger partial charge is 0.251 e. The van der Waals surface area contributed by atoms with Crippen LogP contribution in [0.5, 0.6) is 5.75 Å². The van der Waals surface area contributed by atoms with E-state index < -0.39 is 17.9 Å². The highest BCUT2D eigenvalue weighted by atomic mass is 16.3. The Kier molecular flexibility index (Phi) is 7.30. The van der Waals surface area contributed by atoms with Crippen molar-refractivity contribution in [3.8, 4) is 28.5 Å². The van der Waals surface area contributed by atoms with Gasteiger partial charge in [-0.25, -0.2) is 0 Å². The Morgan fingerprint density at radius 3 is 2.49 bits per heavy atom. The number of aromatic hydroxyl groups is 1. The first kappa shape index (κ1) is 23.8. The fraction of sp³-hybridized carbons (Fsp3) is 0.222. The molecular formula is C27H28N4O4. The number of rotatable bonds is 10. The number of hydrogen-bond donors (Lipinski definition) is 3. The fourth-order valence-electron chi connectivity index (χ4n) is 3.80. The molecule has 0 bridgehead atoms. The van der Waals surface area contributed by atoms with Crippen LogP contribution < -0.4 is 11.1 Å². The number of hydrogen-bond acceptors (Lipinski definition) is 5. The van der Waals surface area contributed by atoms with Crippen LogP contribution in [0.2, 0.25) is 0 Å². The van der Waals surface area contributed by atoms with Gasteiger partial charge in [0.15, 0.2) is 5.76 Å². The van der Waals surface area contributed by atoms with E-state index in [-0.39, 0.29) is 12.2 Å². The molecule has 0 aliphatic heterocycles. The summed E-state index contributed by atoms with van der Waals surface area (Å²) in [7, 11) is 0. The highest BCUT2D eigenvalue weighted by Gasteiger charge is 2.20. The third-order valence-electron chi connectivity index (χ3n) is 5.74. The molecule has 4 rings (SSSR count). The topological polar surface area (TPSA) is 123 Å². The monoisotopic (exact) mass is 472 g/mol. The molecule has 2 heterocycles. The summed E-state index contributed by atoms with van der Waals surface area (Å²) >= 11 is 0. The number of primary amides is 1. The Hall–Kier alpha value is -4.33. The molecule has 8 nitrogen and oxygen atoms in total. The quantitative estimate of drug-likeness (QED) is 0.320. The van der Waals surface area contributed by atoms with Gasteiger partial charge in [-0.1, -0.05) is 37.6 Å². The normalized spacial score (nSPS) is 11.8. The van der Waals surface area contributed by atoms with Crippen LogP contribution in [0, 0.1) is 0 Å². The zero-order valence-electron chi connectivity index (χ0n) is 19.5. The number of unbranched alkanes of at least 4 members (excludes halogenated alkanes) is 1. The molecule has 0 unspecified atom stereocenters. The van der Waals surface area contributed by atoms with Crippen molar-refractivity contribution in [1.82, 2.24) is 15.1 Å². The summed E-state index contributed by atoms with van der Waals surface area (Å²) in [5.41, 5.74) is 9.30. The number of nitrogens with two attached hydrogens (primary N) is 1. The standard InChI is InChI=1S/C27H28N4O4/c1-2-3-14-31-24(17-22(30-31)25-5-4-15-35-25)19-8-10-20(11-9-19)27(34)29-23(26(28)33)16-18-6-12-21(32)13-7-18/h4-13,15,17,23,32H,2-3,14,16H2,1H3,(H2,28,33)(H,29,34)/t23-/m0/s1. The van der Waals surface area contributed by atoms with Crippen molar-refractivity contribution >= 4 is 11.8 Å². The lowest BCUT2D eigenvalue weighted by atomic mass is 10.0. The lowest BCUT2D eigenvalue weighted by Gasteiger charge is -2.16. The van der Waals surface area contributed by atoms with Crippen LogP contribution >= 0.6 is 0 Å². The van der Waals surface area contributed by atoms with Gasteiger partial charge in [0.1, 0.15) is 17.5 Å². The fourth-order valence-corrected chi connectivity index (χ4v) is 3.80. The third-order valence-corrected chi connectivity index (χ3v) is 5.74. The first-order valence-corrected chi connectivity index (χ1v) is 11.5. The van der Waals surface area contributed by atoms with Gasteiger partial charge in [-0.3, -0.25) is 14.3 Å². The van der Waals surface area contributed by atoms with E-state index in [0.717, 1.165) is 41.9 Å². The Labute approximate surface area is 203 Å². The van der Waals surface area contributed by atoms with Crippen molar-refractivity contribution in [1.29, 1.82) is 0 Å². The van der Waals surface area contributed by atoms with Crippen molar-refractivity contribution in [3.63, 3.8) is 0 Å². The summed E-state index contributed by atoms with van der Waals surface area (Å²) in [6, 6.07) is 18.4. The number of nitrogens with one attached hydrogen (secondary N) is 1. The number of phenols is 1. The van der Waals surface area contributed by atoms with Crippen molar-refractivity contribution in [3.05, 3.63) is 84.1 Å². The lowest BCUT2D eigenvalue weighted by Crippen LogP contribution is -2.45. The first-order valence-electron chi connectivity index (χ1n) is 11.5. The largest absolute Gasteiger partial charge is 0.508 e. The number of phenolic OH excluding ortho intramolecular Hbond substituents is 1. The third kappa shape index (κ3) is 5.78. The minimum atomic E-state index is -0.877. The molecule has 180 valence electrons. The minimum Gasteiger partial charge on any atom is -0.508 e. The molecule has 4 aromatic rings. The van der Waals surface area contributed by atoms with Crippen molar-refractivity contribution in [2.45, 2.75) is 38.8 Å². The summed E-state index contributed by atoms with van der Waals surface area (Å²) in [6.45, 7) is 2.90. The van der Waals surface area contributed by atoms with Crippen LogP contribution in [-0.4, -0.2) is 32.7 Å². The second-order valence-corrected chi connectivity index (χ2v) is 8.35. The molecule has 0 saturated heterocycles. The van der Waals surface area contributed by atoms with E-state index in [4.69, 9.17) is 15.2 Å². The molecule has 35 heavy (non-hydrogen) atoms. The van der Waals surface area contributed by atoms with Crippen LogP contribution in [0.4, 0.5) is 0 Å². The summed E-state index contributed by atoms with van der Waals surface area (Å²) in [6.07, 6.45) is 3.88. The Balaban J connectivity index is 1.51. The van der Waals surface area contributed by atoms with E-state index in [9.17, 15) is 14.7 Å². The van der Waals surface area contributed by atoms with Gasteiger partial charge in [0.05, 0.1) is 12.0 Å². The Morgan fingerprint density at radius 1 is 1.11 bits per heavy atom. The number of aromatic nitrogens is 2. The number of carbonyl (C=O) groups excluding carboxylic acids is 2. The van der Waals surface area contributed by atoms with Gasteiger partial charge in [0, 0.05) is 18.5 Å². The van der Waals surface area contributed by atoms with E-state index >= 15 is 0 Å². The van der Waals surface area contributed by atoms with Gasteiger partial charge in [-0.2, -0.15) is 5.10 Å². The molecule has 4 N–H and O–H groups in total. The number of carbonyl (C=O) groups is 2. The Morgan fingerprint density at radius 2 is 1.86 bits per heavy atom. The summed E-state index contributed by atoms with van der Waals surface area (Å²) in [4.78, 5) is 24.8. The Bertz CT molecular complexity index is 1280. The van der Waals surface area contributed by atoms with E-state index in [1.54, 1.807) is 30.5 Å². The van der Waals surface area contributed by atoms with Crippen LogP contribution in [0.25, 0.3) is 22.7 Å². The second-order valence-electron chi connectivity index (χ2n) is 8.35. The van der Waals surface area contributed by atoms with Crippen molar-refractivity contribution < 1.29 is 19.1 Å². The molecule has 0 fully saturated rings. The highest BCUT2D eigenvalue weighted by molar-refractivity contribution is 5.97. The molecule has 2 aromatic heterocycles. The van der Waals surface area contributed by atoms with Gasteiger partial charge in [-0.05, 0) is 60.0 Å². The van der Waals surface area contributed by atoms with Crippen LogP contribution in [0.1, 0.15) is 35.7 Å². The number of furan rings is 1. The average Bonchev–Trinajstić information content (AvgIpc) is 3.54. The van der Waals surface area contributed by atoms with Gasteiger partial charge in [0.2, 0.25) is 5.91 Å². The predicted molar refractivity (Wildman–Crippen MR) is 133 cm³/mol. The molecule has 0 aliphatic carbocycles. The van der Waals surface area contributed by atoms with Crippen LogP contribution in [0.15, 0.2) is 77.4 Å². The van der Waals surface area contributed by atoms with Crippen molar-refractivity contribution in [2.75, 3.05) is 0 Å². The zero-order chi connectivity index (χ0) is 24.8. The number of benzene rings is 2. The molecule has 0 saturated carbocycles. The second kappa shape index (κ2) is 10.7. The molecule has 1 atom stereocenters. The van der Waals surface area contributed by atoms with E-state index in [2.05, 4.69) is 12.2 Å². The summed E-state index contributed by atoms with van der Waals surface area (Å²) in [5.74, 6) is -0.201. The van der Waals surface area contributed by atoms with Gasteiger partial charge in [0.25, 0.3) is 5.91 Å². The molecular weight excluding hydrogens is 444 g/mol. The maximum absolute atomic E-state index is 12.8. The molecule has 2 amide bonds. The average molecular weight is 473 g/mol. The van der Waals surface area contributed by atoms with Gasteiger partial charge < -0.3 is 20.6 Å². The molecule has 8 heteroatoms. The van der Waals surface area contributed by atoms with Gasteiger partial charge >= 0.3 is 0 Å². The van der Waals surface area contributed by atoms with E-state index in [1.165, 1.54) is 12.1 Å². The maximum atomic E-state index is 12.8. The number of aryl methyl sites for hydroxylation is 1. The first-order chi connectivity index (χ1) is 16.9. The highest BCUT2D eigenvalue weighted by Crippen LogP contribution is 2.27. The molecule has 0 spiro atoms. The molecule has 2 aromatic carbocycles. The van der Waals surface area contributed by atoms with Crippen LogP contribution in [-0.2, 0) is 17.8 Å². The van der Waals surface area contributed by atoms with E-state index in [1.807, 2.05) is 35.0 Å². The van der Waals surface area contributed by atoms with Crippen molar-refractivity contribution in [2.24, 2.45) is 5.73 Å². The SMILES string of the molecule is CCCCn1nc(-c2ccco2)cc1-c1ccc(C(=O)N[C@@H](Cc2ccc(O)cc2)C(N)=O)cc1. The zero-order valence-corrected chi connectivity index (χ0v) is 19.5. The molecule has 0 aliphatic rings. The summed E-state index contributed by atoms with van der Waals surface area (Å²) in [5, 5.41) is 16.9. The number of nitrogens with zero attached hydrogens (tertiary/aromatic N) is 2. The predicted octanol–water partition coefficient (Wildman–Crippen LogP) is 4.14. The molecule has 0 radical (unpaired) electrons. The lowest BCUT2D eigenvalue weighted by molar-refractivity contribution is -0.119. The number of amides is 2.